The van der Waals surface area contributed by atoms with E-state index >= 15 is 0 Å². The van der Waals surface area contributed by atoms with Crippen LogP contribution in [0.3, 0.4) is 0 Å². The zero-order valence-electron chi connectivity index (χ0n) is 14.9. The van der Waals surface area contributed by atoms with Gasteiger partial charge in [-0.05, 0) is 24.6 Å². The molecule has 1 aromatic carbocycles. The summed E-state index contributed by atoms with van der Waals surface area (Å²) in [5, 5.41) is 7.26. The van der Waals surface area contributed by atoms with Gasteiger partial charge in [0.2, 0.25) is 5.89 Å². The van der Waals surface area contributed by atoms with Crippen molar-refractivity contribution < 1.29 is 4.42 Å². The van der Waals surface area contributed by atoms with Gasteiger partial charge in [-0.2, -0.15) is 0 Å². The van der Waals surface area contributed by atoms with Crippen LogP contribution in [-0.2, 0) is 12.0 Å². The van der Waals surface area contributed by atoms with E-state index in [1.165, 1.54) is 0 Å². The molecular formula is C18H25ClN4O. The largest absolute Gasteiger partial charge is 0.443 e. The molecular weight excluding hydrogens is 324 g/mol. The summed E-state index contributed by atoms with van der Waals surface area (Å²) in [6.45, 7) is 8.81. The Kier molecular flexibility index (Phi) is 5.89. The van der Waals surface area contributed by atoms with Crippen molar-refractivity contribution in [3.05, 3.63) is 52.7 Å². The molecule has 1 aromatic heterocycles. The Labute approximate surface area is 148 Å². The lowest BCUT2D eigenvalue weighted by Gasteiger charge is -2.18. The van der Waals surface area contributed by atoms with E-state index in [9.17, 15) is 0 Å². The van der Waals surface area contributed by atoms with Crippen LogP contribution in [0.25, 0.3) is 0 Å². The van der Waals surface area contributed by atoms with Crippen LogP contribution in [0.5, 0.6) is 0 Å². The number of aromatic nitrogens is 1. The predicted octanol–water partition coefficient (Wildman–Crippen LogP) is 4.05. The molecule has 0 saturated carbocycles. The molecule has 2 aromatic rings. The summed E-state index contributed by atoms with van der Waals surface area (Å²) >= 11 is 6.05. The molecule has 0 aliphatic heterocycles. The van der Waals surface area contributed by atoms with E-state index in [0.717, 1.165) is 16.3 Å². The molecule has 130 valence electrons. The van der Waals surface area contributed by atoms with Crippen LogP contribution in [0.4, 0.5) is 0 Å². The van der Waals surface area contributed by atoms with Crippen molar-refractivity contribution >= 4 is 17.6 Å². The van der Waals surface area contributed by atoms with Crippen LogP contribution in [0.15, 0.2) is 39.9 Å². The topological polar surface area (TPSA) is 62.5 Å². The van der Waals surface area contributed by atoms with E-state index in [4.69, 9.17) is 16.0 Å². The molecule has 5 nitrogen and oxygen atoms in total. The highest BCUT2D eigenvalue weighted by atomic mass is 35.5. The number of nitrogens with one attached hydrogen (secondary N) is 2. The molecule has 2 N–H and O–H groups in total. The van der Waals surface area contributed by atoms with Crippen LogP contribution in [-0.4, -0.2) is 18.0 Å². The Morgan fingerprint density at radius 1 is 1.38 bits per heavy atom. The van der Waals surface area contributed by atoms with Crippen molar-refractivity contribution in [1.29, 1.82) is 0 Å². The molecule has 24 heavy (non-hydrogen) atoms. The van der Waals surface area contributed by atoms with E-state index < -0.39 is 0 Å². The van der Waals surface area contributed by atoms with E-state index in [1.54, 1.807) is 13.2 Å². The summed E-state index contributed by atoms with van der Waals surface area (Å²) in [6, 6.07) is 7.84. The van der Waals surface area contributed by atoms with Gasteiger partial charge >= 0.3 is 0 Å². The SMILES string of the molecule is CN=C(NCc1ncc(C(C)(C)C)o1)NC(C)c1cccc(Cl)c1. The van der Waals surface area contributed by atoms with Gasteiger partial charge in [-0.1, -0.05) is 44.5 Å². The zero-order chi connectivity index (χ0) is 17.7. The van der Waals surface area contributed by atoms with Crippen LogP contribution in [0.1, 0.15) is 51.0 Å². The molecule has 0 saturated heterocycles. The summed E-state index contributed by atoms with van der Waals surface area (Å²) < 4.78 is 5.77. The van der Waals surface area contributed by atoms with Crippen LogP contribution in [0.2, 0.25) is 5.02 Å². The second kappa shape index (κ2) is 7.71. The minimum absolute atomic E-state index is 0.0493. The third-order valence-electron chi connectivity index (χ3n) is 3.63. The predicted molar refractivity (Wildman–Crippen MR) is 98.4 cm³/mol. The average Bonchev–Trinajstić information content (AvgIpc) is 3.00. The Bertz CT molecular complexity index is 703. The van der Waals surface area contributed by atoms with Gasteiger partial charge in [0.25, 0.3) is 0 Å². The van der Waals surface area contributed by atoms with Crippen molar-refractivity contribution in [2.24, 2.45) is 4.99 Å². The Hall–Kier alpha value is -2.01. The van der Waals surface area contributed by atoms with Crippen molar-refractivity contribution in [2.45, 2.75) is 45.7 Å². The smallest absolute Gasteiger partial charge is 0.213 e. The van der Waals surface area contributed by atoms with Gasteiger partial charge in [0.05, 0.1) is 18.8 Å². The summed E-state index contributed by atoms with van der Waals surface area (Å²) in [5.41, 5.74) is 1.04. The number of oxazole rings is 1. The van der Waals surface area contributed by atoms with Gasteiger partial charge < -0.3 is 15.1 Å². The zero-order valence-corrected chi connectivity index (χ0v) is 15.6. The lowest BCUT2D eigenvalue weighted by molar-refractivity contribution is 0.379. The van der Waals surface area contributed by atoms with Crippen molar-refractivity contribution in [1.82, 2.24) is 15.6 Å². The summed E-state index contributed by atoms with van der Waals surface area (Å²) in [6.07, 6.45) is 1.78. The van der Waals surface area contributed by atoms with E-state index in [2.05, 4.69) is 48.3 Å². The molecule has 1 atom stereocenters. The highest BCUT2D eigenvalue weighted by Crippen LogP contribution is 2.22. The second-order valence-corrected chi connectivity index (χ2v) is 7.15. The van der Waals surface area contributed by atoms with Crippen LogP contribution < -0.4 is 10.6 Å². The van der Waals surface area contributed by atoms with Gasteiger partial charge in [-0.25, -0.2) is 4.98 Å². The molecule has 0 aliphatic rings. The molecule has 6 heteroatoms. The van der Waals surface area contributed by atoms with Crippen molar-refractivity contribution in [3.8, 4) is 0 Å². The fourth-order valence-electron chi connectivity index (χ4n) is 2.16. The van der Waals surface area contributed by atoms with Crippen LogP contribution in [0, 0.1) is 0 Å². The molecule has 0 bridgehead atoms. The Morgan fingerprint density at radius 2 is 2.12 bits per heavy atom. The number of hydrogen-bond donors (Lipinski definition) is 2. The monoisotopic (exact) mass is 348 g/mol. The number of hydrogen-bond acceptors (Lipinski definition) is 3. The molecule has 0 fully saturated rings. The van der Waals surface area contributed by atoms with E-state index in [0.29, 0.717) is 18.4 Å². The first kappa shape index (κ1) is 18.3. The highest BCUT2D eigenvalue weighted by molar-refractivity contribution is 6.30. The summed E-state index contributed by atoms with van der Waals surface area (Å²) in [5.74, 6) is 2.19. The first-order valence-electron chi connectivity index (χ1n) is 7.97. The standard InChI is InChI=1S/C18H25ClN4O/c1-12(13-7-6-8-14(19)9-13)23-17(20-5)22-11-16-21-10-15(24-16)18(2,3)4/h6-10,12H,11H2,1-5H3,(H2,20,22,23). The van der Waals surface area contributed by atoms with E-state index in [-0.39, 0.29) is 11.5 Å². The maximum atomic E-state index is 6.05. The highest BCUT2D eigenvalue weighted by Gasteiger charge is 2.19. The minimum atomic E-state index is -0.0493. The van der Waals surface area contributed by atoms with Gasteiger partial charge in [-0.15, -0.1) is 0 Å². The van der Waals surface area contributed by atoms with Gasteiger partial charge in [0.1, 0.15) is 5.76 Å². The normalized spacial score (nSPS) is 13.7. The number of halogens is 1. The Morgan fingerprint density at radius 3 is 2.71 bits per heavy atom. The fraction of sp³-hybridized carbons (Fsp3) is 0.444. The first-order valence-corrected chi connectivity index (χ1v) is 8.35. The first-order chi connectivity index (χ1) is 11.3. The lowest BCUT2D eigenvalue weighted by atomic mass is 9.94. The van der Waals surface area contributed by atoms with Crippen LogP contribution >= 0.6 is 11.6 Å². The molecule has 0 radical (unpaired) electrons. The van der Waals surface area contributed by atoms with Gasteiger partial charge in [-0.3, -0.25) is 4.99 Å². The number of rotatable bonds is 4. The molecule has 0 aliphatic carbocycles. The molecule has 1 heterocycles. The molecule has 2 rings (SSSR count). The Balaban J connectivity index is 1.94. The van der Waals surface area contributed by atoms with Gasteiger partial charge in [0, 0.05) is 17.5 Å². The maximum Gasteiger partial charge on any atom is 0.213 e. The number of nitrogens with zero attached hydrogens (tertiary/aromatic N) is 2. The van der Waals surface area contributed by atoms with E-state index in [1.807, 2.05) is 24.3 Å². The van der Waals surface area contributed by atoms with Crippen molar-refractivity contribution in [3.63, 3.8) is 0 Å². The van der Waals surface area contributed by atoms with Gasteiger partial charge in [0.15, 0.2) is 5.96 Å². The third-order valence-corrected chi connectivity index (χ3v) is 3.86. The number of benzene rings is 1. The minimum Gasteiger partial charge on any atom is -0.443 e. The summed E-state index contributed by atoms with van der Waals surface area (Å²) in [7, 11) is 1.73. The third kappa shape index (κ3) is 4.99. The lowest BCUT2D eigenvalue weighted by Crippen LogP contribution is -2.38. The average molecular weight is 349 g/mol. The summed E-state index contributed by atoms with van der Waals surface area (Å²) in [4.78, 5) is 8.55. The maximum absolute atomic E-state index is 6.05. The number of aliphatic imine (C=N–C) groups is 1. The van der Waals surface area contributed by atoms with Crippen molar-refractivity contribution in [2.75, 3.05) is 7.05 Å². The molecule has 0 amide bonds. The number of guanidine groups is 1. The molecule has 0 spiro atoms. The quantitative estimate of drug-likeness (QED) is 0.646. The molecule has 1 unspecified atom stereocenters. The fourth-order valence-corrected chi connectivity index (χ4v) is 2.36. The second-order valence-electron chi connectivity index (χ2n) is 6.72.